The highest BCUT2D eigenvalue weighted by Gasteiger charge is 2.22. The van der Waals surface area contributed by atoms with Crippen LogP contribution in [-0.4, -0.2) is 22.7 Å². The number of rotatable bonds is 4. The van der Waals surface area contributed by atoms with Gasteiger partial charge in [-0.05, 0) is 37.3 Å². The largest absolute Gasteiger partial charge is 0.395 e. The summed E-state index contributed by atoms with van der Waals surface area (Å²) in [6.07, 6.45) is 6.28. The average molecular weight is 220 g/mol. The zero-order valence-corrected chi connectivity index (χ0v) is 9.82. The van der Waals surface area contributed by atoms with E-state index in [1.165, 1.54) is 17.7 Å². The number of nitrogens with one attached hydrogen (secondary N) is 1. The van der Waals surface area contributed by atoms with Crippen molar-refractivity contribution in [1.82, 2.24) is 10.3 Å². The third kappa shape index (κ3) is 2.42. The maximum Gasteiger partial charge on any atom is 0.0605 e. The Morgan fingerprint density at radius 1 is 1.62 bits per heavy atom. The Kier molecular flexibility index (Phi) is 3.91. The zero-order valence-electron chi connectivity index (χ0n) is 9.82. The Hall–Kier alpha value is -0.930. The van der Waals surface area contributed by atoms with Gasteiger partial charge in [0, 0.05) is 12.2 Å². The number of aliphatic hydroxyl groups excluding tert-OH is 1. The molecule has 1 aliphatic rings. The number of hydrogen-bond donors (Lipinski definition) is 2. The molecule has 2 atom stereocenters. The van der Waals surface area contributed by atoms with Crippen molar-refractivity contribution in [2.24, 2.45) is 0 Å². The van der Waals surface area contributed by atoms with Crippen molar-refractivity contribution in [1.29, 1.82) is 0 Å². The Morgan fingerprint density at radius 3 is 3.25 bits per heavy atom. The van der Waals surface area contributed by atoms with Gasteiger partial charge in [0.1, 0.15) is 0 Å². The molecule has 0 spiro atoms. The van der Waals surface area contributed by atoms with Crippen LogP contribution >= 0.6 is 0 Å². The fourth-order valence-corrected chi connectivity index (χ4v) is 2.36. The van der Waals surface area contributed by atoms with Crippen LogP contribution in [0.25, 0.3) is 0 Å². The summed E-state index contributed by atoms with van der Waals surface area (Å²) < 4.78 is 0. The quantitative estimate of drug-likeness (QED) is 0.813. The van der Waals surface area contributed by atoms with Crippen LogP contribution in [0.5, 0.6) is 0 Å². The van der Waals surface area contributed by atoms with Crippen LogP contribution in [0.15, 0.2) is 18.3 Å². The monoisotopic (exact) mass is 220 g/mol. The first-order valence-corrected chi connectivity index (χ1v) is 6.15. The Labute approximate surface area is 96.9 Å². The molecule has 0 fully saturated rings. The highest BCUT2D eigenvalue weighted by atomic mass is 16.3. The molecule has 0 saturated heterocycles. The molecule has 16 heavy (non-hydrogen) atoms. The summed E-state index contributed by atoms with van der Waals surface area (Å²) in [6, 6.07) is 4.68. The van der Waals surface area contributed by atoms with E-state index in [-0.39, 0.29) is 12.6 Å². The minimum atomic E-state index is 0.193. The fraction of sp³-hybridized carbons (Fsp3) is 0.615. The molecule has 3 nitrogen and oxygen atoms in total. The van der Waals surface area contributed by atoms with Gasteiger partial charge < -0.3 is 10.4 Å². The van der Waals surface area contributed by atoms with Crippen molar-refractivity contribution >= 4 is 0 Å². The van der Waals surface area contributed by atoms with Gasteiger partial charge in [-0.25, -0.2) is 0 Å². The van der Waals surface area contributed by atoms with Gasteiger partial charge in [-0.15, -0.1) is 0 Å². The Bertz CT molecular complexity index is 336. The van der Waals surface area contributed by atoms with Crippen molar-refractivity contribution in [2.45, 2.75) is 44.7 Å². The van der Waals surface area contributed by atoms with Gasteiger partial charge >= 0.3 is 0 Å². The van der Waals surface area contributed by atoms with Crippen molar-refractivity contribution in [3.63, 3.8) is 0 Å². The smallest absolute Gasteiger partial charge is 0.0605 e. The van der Waals surface area contributed by atoms with Crippen molar-refractivity contribution in [3.05, 3.63) is 29.6 Å². The predicted octanol–water partition coefficient (Wildman–Crippen LogP) is 1.82. The van der Waals surface area contributed by atoms with E-state index in [1.54, 1.807) is 0 Å². The third-order valence-electron chi connectivity index (χ3n) is 3.35. The van der Waals surface area contributed by atoms with E-state index in [0.717, 1.165) is 19.3 Å². The first-order chi connectivity index (χ1) is 7.85. The van der Waals surface area contributed by atoms with Crippen LogP contribution in [0.1, 0.15) is 43.5 Å². The standard InChI is InChI=1S/C13H20N2O/c1-2-11(9-16)15-12-7-3-5-10-6-4-8-14-13(10)12/h4,6,8,11-12,15-16H,2-3,5,7,9H2,1H3/t11-,12?/m0/s1. The maximum atomic E-state index is 9.22. The lowest BCUT2D eigenvalue weighted by Crippen LogP contribution is -2.37. The van der Waals surface area contributed by atoms with Crippen LogP contribution in [0.2, 0.25) is 0 Å². The topological polar surface area (TPSA) is 45.1 Å². The molecule has 0 aliphatic heterocycles. The predicted molar refractivity (Wildman–Crippen MR) is 64.2 cm³/mol. The second-order valence-electron chi connectivity index (χ2n) is 4.45. The van der Waals surface area contributed by atoms with E-state index in [0.29, 0.717) is 6.04 Å². The molecule has 2 rings (SSSR count). The number of aliphatic hydroxyl groups is 1. The summed E-state index contributed by atoms with van der Waals surface area (Å²) in [5, 5.41) is 12.7. The first kappa shape index (κ1) is 11.6. The van der Waals surface area contributed by atoms with Gasteiger partial charge in [0.25, 0.3) is 0 Å². The highest BCUT2D eigenvalue weighted by Crippen LogP contribution is 2.28. The first-order valence-electron chi connectivity index (χ1n) is 6.15. The molecule has 0 amide bonds. The molecule has 0 bridgehead atoms. The maximum absolute atomic E-state index is 9.22. The van der Waals surface area contributed by atoms with E-state index >= 15 is 0 Å². The van der Waals surface area contributed by atoms with Crippen LogP contribution in [0, 0.1) is 0 Å². The van der Waals surface area contributed by atoms with Crippen LogP contribution in [-0.2, 0) is 6.42 Å². The van der Waals surface area contributed by atoms with Gasteiger partial charge in [0.05, 0.1) is 18.3 Å². The molecular formula is C13H20N2O. The summed E-state index contributed by atoms with van der Waals surface area (Å²) in [7, 11) is 0. The lowest BCUT2D eigenvalue weighted by atomic mass is 9.91. The normalized spacial score (nSPS) is 21.5. The highest BCUT2D eigenvalue weighted by molar-refractivity contribution is 5.25. The number of aromatic nitrogens is 1. The molecule has 1 aliphatic carbocycles. The summed E-state index contributed by atoms with van der Waals surface area (Å²) in [6.45, 7) is 2.30. The van der Waals surface area contributed by atoms with Gasteiger partial charge in [0.15, 0.2) is 0 Å². The Morgan fingerprint density at radius 2 is 2.50 bits per heavy atom. The fourth-order valence-electron chi connectivity index (χ4n) is 2.36. The van der Waals surface area contributed by atoms with Gasteiger partial charge in [-0.1, -0.05) is 13.0 Å². The van der Waals surface area contributed by atoms with E-state index < -0.39 is 0 Å². The molecule has 0 radical (unpaired) electrons. The number of aryl methyl sites for hydroxylation is 1. The minimum Gasteiger partial charge on any atom is -0.395 e. The molecule has 3 heteroatoms. The van der Waals surface area contributed by atoms with Gasteiger partial charge in [-0.3, -0.25) is 4.98 Å². The second kappa shape index (κ2) is 5.41. The number of nitrogens with zero attached hydrogens (tertiary/aromatic N) is 1. The van der Waals surface area contributed by atoms with E-state index in [9.17, 15) is 5.11 Å². The van der Waals surface area contributed by atoms with E-state index in [4.69, 9.17) is 0 Å². The van der Waals surface area contributed by atoms with Gasteiger partial charge in [-0.2, -0.15) is 0 Å². The van der Waals surface area contributed by atoms with Crippen LogP contribution in [0.4, 0.5) is 0 Å². The number of pyridine rings is 1. The van der Waals surface area contributed by atoms with Crippen molar-refractivity contribution < 1.29 is 5.11 Å². The second-order valence-corrected chi connectivity index (χ2v) is 4.45. The molecule has 88 valence electrons. The SMILES string of the molecule is CC[C@@H](CO)NC1CCCc2cccnc21. The lowest BCUT2D eigenvalue weighted by Gasteiger charge is -2.28. The summed E-state index contributed by atoms with van der Waals surface area (Å²) in [5.41, 5.74) is 2.54. The molecule has 1 aromatic rings. The molecule has 0 aromatic carbocycles. The minimum absolute atomic E-state index is 0.193. The molecular weight excluding hydrogens is 200 g/mol. The van der Waals surface area contributed by atoms with Crippen molar-refractivity contribution in [3.8, 4) is 0 Å². The summed E-state index contributed by atoms with van der Waals surface area (Å²) in [5.74, 6) is 0. The van der Waals surface area contributed by atoms with E-state index in [2.05, 4.69) is 23.3 Å². The third-order valence-corrected chi connectivity index (χ3v) is 3.35. The van der Waals surface area contributed by atoms with Crippen LogP contribution in [0.3, 0.4) is 0 Å². The molecule has 1 unspecified atom stereocenters. The summed E-state index contributed by atoms with van der Waals surface area (Å²) in [4.78, 5) is 4.48. The Balaban J connectivity index is 2.12. The lowest BCUT2D eigenvalue weighted by molar-refractivity contribution is 0.222. The zero-order chi connectivity index (χ0) is 11.4. The summed E-state index contributed by atoms with van der Waals surface area (Å²) >= 11 is 0. The van der Waals surface area contributed by atoms with Crippen LogP contribution < -0.4 is 5.32 Å². The van der Waals surface area contributed by atoms with Gasteiger partial charge in [0.2, 0.25) is 0 Å². The number of fused-ring (bicyclic) bond motifs is 1. The average Bonchev–Trinajstić information content (AvgIpc) is 2.36. The molecule has 0 saturated carbocycles. The van der Waals surface area contributed by atoms with Crippen molar-refractivity contribution in [2.75, 3.05) is 6.61 Å². The molecule has 1 aromatic heterocycles. The molecule has 2 N–H and O–H groups in total. The number of hydrogen-bond acceptors (Lipinski definition) is 3. The molecule has 1 heterocycles. The van der Waals surface area contributed by atoms with E-state index in [1.807, 2.05) is 12.3 Å².